The summed E-state index contributed by atoms with van der Waals surface area (Å²) in [5, 5.41) is 2.48. The fourth-order valence-electron chi connectivity index (χ4n) is 2.78. The van der Waals surface area contributed by atoms with Crippen LogP contribution in [0.4, 0.5) is 24.5 Å². The van der Waals surface area contributed by atoms with Gasteiger partial charge in [0.2, 0.25) is 15.9 Å². The van der Waals surface area contributed by atoms with Crippen molar-refractivity contribution in [3.8, 4) is 5.75 Å². The van der Waals surface area contributed by atoms with Crippen LogP contribution in [-0.4, -0.2) is 33.7 Å². The number of anilines is 2. The predicted octanol–water partition coefficient (Wildman–Crippen LogP) is 3.90. The number of hydrogen-bond acceptors (Lipinski definition) is 4. The van der Waals surface area contributed by atoms with Gasteiger partial charge in [-0.05, 0) is 42.8 Å². The van der Waals surface area contributed by atoms with Crippen LogP contribution in [0.25, 0.3) is 0 Å². The second kappa shape index (κ2) is 8.73. The normalized spacial score (nSPS) is 12.9. The monoisotopic (exact) mass is 430 g/mol. The van der Waals surface area contributed by atoms with Gasteiger partial charge in [-0.1, -0.05) is 13.0 Å². The van der Waals surface area contributed by atoms with Gasteiger partial charge in [-0.25, -0.2) is 8.42 Å². The first kappa shape index (κ1) is 22.5. The summed E-state index contributed by atoms with van der Waals surface area (Å²) in [5.41, 5.74) is -0.488. The highest BCUT2D eigenvalue weighted by atomic mass is 32.2. The second-order valence-corrected chi connectivity index (χ2v) is 8.11. The van der Waals surface area contributed by atoms with Crippen LogP contribution in [0.5, 0.6) is 5.75 Å². The van der Waals surface area contributed by atoms with Crippen LogP contribution < -0.4 is 14.4 Å². The number of halogens is 3. The quantitative estimate of drug-likeness (QED) is 0.723. The molecule has 0 spiro atoms. The number of benzene rings is 2. The minimum Gasteiger partial charge on any atom is -0.497 e. The van der Waals surface area contributed by atoms with Crippen molar-refractivity contribution in [3.05, 3.63) is 54.1 Å². The molecular formula is C19H21F3N2O4S. The number of methoxy groups -OCH3 is 1. The van der Waals surface area contributed by atoms with E-state index < -0.39 is 33.7 Å². The fourth-order valence-corrected chi connectivity index (χ4v) is 3.98. The summed E-state index contributed by atoms with van der Waals surface area (Å²) in [5.74, 6) is -0.255. The molecule has 2 aromatic carbocycles. The topological polar surface area (TPSA) is 75.7 Å². The number of carbonyl (C=O) groups is 1. The van der Waals surface area contributed by atoms with Crippen LogP contribution in [0.1, 0.15) is 18.9 Å². The van der Waals surface area contributed by atoms with E-state index in [0.29, 0.717) is 5.75 Å². The molecule has 0 unspecified atom stereocenters. The molecule has 0 aromatic heterocycles. The number of rotatable bonds is 7. The van der Waals surface area contributed by atoms with Crippen molar-refractivity contribution in [1.82, 2.24) is 0 Å². The molecule has 10 heteroatoms. The Bertz CT molecular complexity index is 960. The molecule has 6 nitrogen and oxygen atoms in total. The SMILES string of the molecule is CC[C@@H](C(=O)Nc1ccc(C(F)(F)F)cc1)N(c1cccc(OC)c1)S(C)(=O)=O. The first-order valence-electron chi connectivity index (χ1n) is 8.59. The zero-order valence-corrected chi connectivity index (χ0v) is 16.8. The highest BCUT2D eigenvalue weighted by molar-refractivity contribution is 7.92. The molecule has 0 bridgehead atoms. The summed E-state index contributed by atoms with van der Waals surface area (Å²) in [6, 6.07) is 9.03. The molecule has 0 aliphatic heterocycles. The Morgan fingerprint density at radius 1 is 1.17 bits per heavy atom. The number of nitrogens with zero attached hydrogens (tertiary/aromatic N) is 1. The van der Waals surface area contributed by atoms with E-state index in [1.54, 1.807) is 19.1 Å². The molecule has 0 aliphatic rings. The average molecular weight is 430 g/mol. The maximum Gasteiger partial charge on any atom is 0.416 e. The van der Waals surface area contributed by atoms with Crippen molar-refractivity contribution < 1.29 is 31.1 Å². The van der Waals surface area contributed by atoms with Crippen LogP contribution in [0, 0.1) is 0 Å². The van der Waals surface area contributed by atoms with E-state index in [0.717, 1.165) is 34.8 Å². The van der Waals surface area contributed by atoms with E-state index in [-0.39, 0.29) is 17.8 Å². The molecule has 0 aliphatic carbocycles. The van der Waals surface area contributed by atoms with Gasteiger partial charge in [-0.15, -0.1) is 0 Å². The summed E-state index contributed by atoms with van der Waals surface area (Å²) >= 11 is 0. The lowest BCUT2D eigenvalue weighted by molar-refractivity contribution is -0.137. The van der Waals surface area contributed by atoms with Gasteiger partial charge in [-0.2, -0.15) is 13.2 Å². The molecule has 2 aromatic rings. The number of nitrogens with one attached hydrogen (secondary N) is 1. The van der Waals surface area contributed by atoms with Gasteiger partial charge in [0.1, 0.15) is 11.8 Å². The van der Waals surface area contributed by atoms with Crippen LogP contribution in [0.15, 0.2) is 48.5 Å². The number of sulfonamides is 1. The van der Waals surface area contributed by atoms with Crippen LogP contribution >= 0.6 is 0 Å². The molecule has 2 rings (SSSR count). The molecule has 0 fully saturated rings. The van der Waals surface area contributed by atoms with E-state index in [2.05, 4.69) is 5.32 Å². The van der Waals surface area contributed by atoms with Crippen molar-refractivity contribution in [1.29, 1.82) is 0 Å². The minimum atomic E-state index is -4.49. The van der Waals surface area contributed by atoms with Crippen LogP contribution in [0.2, 0.25) is 0 Å². The number of hydrogen-bond donors (Lipinski definition) is 1. The first-order valence-corrected chi connectivity index (χ1v) is 10.4. The van der Waals surface area contributed by atoms with Crippen molar-refractivity contribution in [2.24, 2.45) is 0 Å². The van der Waals surface area contributed by atoms with Gasteiger partial charge in [0.15, 0.2) is 0 Å². The molecule has 158 valence electrons. The molecule has 29 heavy (non-hydrogen) atoms. The Labute approximate surface area is 167 Å². The highest BCUT2D eigenvalue weighted by Crippen LogP contribution is 2.30. The van der Waals surface area contributed by atoms with Crippen molar-refractivity contribution in [2.45, 2.75) is 25.6 Å². The summed E-state index contributed by atoms with van der Waals surface area (Å²) in [6.45, 7) is 1.63. The Hall–Kier alpha value is -2.75. The van der Waals surface area contributed by atoms with Gasteiger partial charge in [0, 0.05) is 11.8 Å². The minimum absolute atomic E-state index is 0.126. The molecule has 1 N–H and O–H groups in total. The maximum absolute atomic E-state index is 12.8. The zero-order valence-electron chi connectivity index (χ0n) is 16.0. The lowest BCUT2D eigenvalue weighted by Crippen LogP contribution is -2.47. The summed E-state index contributed by atoms with van der Waals surface area (Å²) in [7, 11) is -2.42. The fraction of sp³-hybridized carbons (Fsp3) is 0.316. The van der Waals surface area contributed by atoms with Crippen molar-refractivity contribution >= 4 is 27.3 Å². The number of carbonyl (C=O) groups excluding carboxylic acids is 1. The first-order chi connectivity index (χ1) is 13.5. The van der Waals surface area contributed by atoms with Gasteiger partial charge in [0.25, 0.3) is 0 Å². The highest BCUT2D eigenvalue weighted by Gasteiger charge is 2.32. The molecule has 1 atom stereocenters. The second-order valence-electron chi connectivity index (χ2n) is 6.25. The third kappa shape index (κ3) is 5.63. The van der Waals surface area contributed by atoms with Crippen LogP contribution in [-0.2, 0) is 21.0 Å². The van der Waals surface area contributed by atoms with E-state index in [4.69, 9.17) is 4.74 Å². The Kier molecular flexibility index (Phi) is 6.78. The van der Waals surface area contributed by atoms with Crippen molar-refractivity contribution in [3.63, 3.8) is 0 Å². The van der Waals surface area contributed by atoms with Gasteiger partial charge < -0.3 is 10.1 Å². The number of ether oxygens (including phenoxy) is 1. The molecular weight excluding hydrogens is 409 g/mol. The Morgan fingerprint density at radius 2 is 1.79 bits per heavy atom. The molecule has 0 saturated heterocycles. The van der Waals surface area contributed by atoms with E-state index >= 15 is 0 Å². The maximum atomic E-state index is 12.8. The molecule has 0 heterocycles. The zero-order chi connectivity index (χ0) is 21.8. The van der Waals surface area contributed by atoms with Crippen LogP contribution in [0.3, 0.4) is 0 Å². The lowest BCUT2D eigenvalue weighted by atomic mass is 10.1. The standard InChI is InChI=1S/C19H21F3N2O4S/c1-4-17(18(25)23-14-10-8-13(9-11-14)19(20,21)22)24(29(3,26)27)15-6-5-7-16(12-15)28-2/h5-12,17H,4H2,1-3H3,(H,23,25)/t17-/m0/s1. The third-order valence-corrected chi connectivity index (χ3v) is 5.30. The molecule has 0 radical (unpaired) electrons. The Balaban J connectivity index is 2.33. The summed E-state index contributed by atoms with van der Waals surface area (Å²) in [6.07, 6.45) is -3.38. The van der Waals surface area contributed by atoms with Gasteiger partial charge >= 0.3 is 6.18 Å². The van der Waals surface area contributed by atoms with Gasteiger partial charge in [-0.3, -0.25) is 9.10 Å². The smallest absolute Gasteiger partial charge is 0.416 e. The van der Waals surface area contributed by atoms with Crippen molar-refractivity contribution in [2.75, 3.05) is 23.0 Å². The van der Waals surface area contributed by atoms with E-state index in [1.807, 2.05) is 0 Å². The molecule has 1 amide bonds. The summed E-state index contributed by atoms with van der Waals surface area (Å²) < 4.78 is 69.0. The average Bonchev–Trinajstić information content (AvgIpc) is 2.64. The Morgan fingerprint density at radius 3 is 2.28 bits per heavy atom. The third-order valence-electron chi connectivity index (χ3n) is 4.12. The van der Waals surface area contributed by atoms with E-state index in [1.165, 1.54) is 19.2 Å². The lowest BCUT2D eigenvalue weighted by Gasteiger charge is -2.30. The largest absolute Gasteiger partial charge is 0.497 e. The number of amides is 1. The number of alkyl halides is 3. The molecule has 0 saturated carbocycles. The van der Waals surface area contributed by atoms with Gasteiger partial charge in [0.05, 0.1) is 24.6 Å². The van der Waals surface area contributed by atoms with E-state index in [9.17, 15) is 26.4 Å². The summed E-state index contributed by atoms with van der Waals surface area (Å²) in [4.78, 5) is 12.8. The predicted molar refractivity (Wildman–Crippen MR) is 104 cm³/mol.